The Balaban J connectivity index is 1.30. The maximum Gasteiger partial charge on any atom is 0.423 e. The standard InChI is InChI=1S/C25H32F3N5O3/c1-2-11-31-12-14-32(15-13-31)20-9-10-29-24(17-20)36-21-6-3-18(4-7-21)30-19-5-8-23(33(34)35)22(16-19)25(26,27)28/h5,8-10,16-18,21,30H,2-4,6-7,11-15H2,1H3. The highest BCUT2D eigenvalue weighted by Gasteiger charge is 2.38. The van der Waals surface area contributed by atoms with E-state index >= 15 is 0 Å². The maximum atomic E-state index is 13.3. The predicted molar refractivity (Wildman–Crippen MR) is 132 cm³/mol. The summed E-state index contributed by atoms with van der Waals surface area (Å²) in [5, 5.41) is 14.1. The van der Waals surface area contributed by atoms with Crippen molar-refractivity contribution in [2.75, 3.05) is 42.9 Å². The van der Waals surface area contributed by atoms with Gasteiger partial charge in [-0.15, -0.1) is 0 Å². The van der Waals surface area contributed by atoms with E-state index in [-0.39, 0.29) is 17.8 Å². The summed E-state index contributed by atoms with van der Waals surface area (Å²) in [6.45, 7) is 7.36. The van der Waals surface area contributed by atoms with Crippen LogP contribution in [-0.2, 0) is 6.18 Å². The average Bonchev–Trinajstić information content (AvgIpc) is 2.85. The second kappa shape index (κ2) is 11.3. The van der Waals surface area contributed by atoms with Gasteiger partial charge in [0, 0.05) is 61.9 Å². The highest BCUT2D eigenvalue weighted by Crippen LogP contribution is 2.38. The van der Waals surface area contributed by atoms with Crippen LogP contribution in [0, 0.1) is 10.1 Å². The fourth-order valence-electron chi connectivity index (χ4n) is 4.95. The summed E-state index contributed by atoms with van der Waals surface area (Å²) < 4.78 is 45.9. The van der Waals surface area contributed by atoms with Gasteiger partial charge in [0.2, 0.25) is 5.88 Å². The van der Waals surface area contributed by atoms with Gasteiger partial charge >= 0.3 is 6.18 Å². The van der Waals surface area contributed by atoms with E-state index in [1.165, 1.54) is 6.07 Å². The zero-order chi connectivity index (χ0) is 25.7. The molecule has 2 fully saturated rings. The molecule has 8 nitrogen and oxygen atoms in total. The van der Waals surface area contributed by atoms with E-state index in [0.29, 0.717) is 18.7 Å². The van der Waals surface area contributed by atoms with E-state index in [1.807, 2.05) is 12.1 Å². The largest absolute Gasteiger partial charge is 0.474 e. The number of nitrogens with one attached hydrogen (secondary N) is 1. The lowest BCUT2D eigenvalue weighted by molar-refractivity contribution is -0.388. The Bertz CT molecular complexity index is 1040. The fraction of sp³-hybridized carbons (Fsp3) is 0.560. The number of piperazine rings is 1. The van der Waals surface area contributed by atoms with Crippen molar-refractivity contribution in [1.29, 1.82) is 0 Å². The molecule has 0 unspecified atom stereocenters. The zero-order valence-corrected chi connectivity index (χ0v) is 20.3. The molecule has 1 aromatic heterocycles. The summed E-state index contributed by atoms with van der Waals surface area (Å²) >= 11 is 0. The molecule has 1 aromatic carbocycles. The van der Waals surface area contributed by atoms with Crippen LogP contribution in [0.15, 0.2) is 36.5 Å². The van der Waals surface area contributed by atoms with Crippen LogP contribution >= 0.6 is 0 Å². The number of hydrogen-bond donors (Lipinski definition) is 1. The predicted octanol–water partition coefficient (Wildman–Crippen LogP) is 5.34. The summed E-state index contributed by atoms with van der Waals surface area (Å²) in [6, 6.07) is 7.00. The number of nitro benzene ring substituents is 1. The van der Waals surface area contributed by atoms with Crippen molar-refractivity contribution in [1.82, 2.24) is 9.88 Å². The molecule has 2 heterocycles. The van der Waals surface area contributed by atoms with E-state index in [1.54, 1.807) is 6.20 Å². The third kappa shape index (κ3) is 6.57. The lowest BCUT2D eigenvalue weighted by Gasteiger charge is -2.36. The van der Waals surface area contributed by atoms with Crippen LogP contribution in [0.5, 0.6) is 5.88 Å². The van der Waals surface area contributed by atoms with Gasteiger partial charge in [0.1, 0.15) is 11.7 Å². The number of ether oxygens (including phenoxy) is 1. The van der Waals surface area contributed by atoms with Crippen molar-refractivity contribution in [2.24, 2.45) is 0 Å². The van der Waals surface area contributed by atoms with Gasteiger partial charge in [-0.25, -0.2) is 4.98 Å². The van der Waals surface area contributed by atoms with Gasteiger partial charge in [-0.1, -0.05) is 6.92 Å². The number of hydrogen-bond acceptors (Lipinski definition) is 7. The molecule has 1 aliphatic heterocycles. The summed E-state index contributed by atoms with van der Waals surface area (Å²) in [7, 11) is 0. The fourth-order valence-corrected chi connectivity index (χ4v) is 4.95. The second-order valence-corrected chi connectivity index (χ2v) is 9.40. The summed E-state index contributed by atoms with van der Waals surface area (Å²) in [6.07, 6.45) is 1.00. The molecule has 1 saturated heterocycles. The van der Waals surface area contributed by atoms with Crippen molar-refractivity contribution in [3.63, 3.8) is 0 Å². The second-order valence-electron chi connectivity index (χ2n) is 9.40. The van der Waals surface area contributed by atoms with Crippen molar-refractivity contribution in [2.45, 2.75) is 57.3 Å². The quantitative estimate of drug-likeness (QED) is 0.381. The lowest BCUT2D eigenvalue weighted by atomic mass is 9.92. The first-order valence-corrected chi connectivity index (χ1v) is 12.4. The van der Waals surface area contributed by atoms with Gasteiger partial charge in [0.15, 0.2) is 0 Å². The Morgan fingerprint density at radius 2 is 1.83 bits per heavy atom. The van der Waals surface area contributed by atoms with Crippen LogP contribution in [0.3, 0.4) is 0 Å². The molecular formula is C25H32F3N5O3. The molecule has 11 heteroatoms. The van der Waals surface area contributed by atoms with Crippen LogP contribution in [0.1, 0.15) is 44.6 Å². The number of halogens is 3. The third-order valence-electron chi connectivity index (χ3n) is 6.83. The minimum Gasteiger partial charge on any atom is -0.474 e. The van der Waals surface area contributed by atoms with Crippen LogP contribution in [0.25, 0.3) is 0 Å². The Kier molecular flexibility index (Phi) is 8.17. The molecule has 1 N–H and O–H groups in total. The third-order valence-corrected chi connectivity index (χ3v) is 6.83. The van der Waals surface area contributed by atoms with Gasteiger partial charge in [-0.3, -0.25) is 15.0 Å². The van der Waals surface area contributed by atoms with Gasteiger partial charge < -0.3 is 15.0 Å². The zero-order valence-electron chi connectivity index (χ0n) is 20.3. The van der Waals surface area contributed by atoms with Crippen LogP contribution < -0.4 is 15.0 Å². The molecule has 0 spiro atoms. The number of alkyl halides is 3. The van der Waals surface area contributed by atoms with Crippen LogP contribution in [-0.4, -0.2) is 59.7 Å². The molecule has 0 amide bonds. The van der Waals surface area contributed by atoms with E-state index in [9.17, 15) is 23.3 Å². The van der Waals surface area contributed by atoms with Gasteiger partial charge in [0.05, 0.1) is 4.92 Å². The van der Waals surface area contributed by atoms with Gasteiger partial charge in [0.25, 0.3) is 5.69 Å². The molecule has 4 rings (SSSR count). The van der Waals surface area contributed by atoms with Gasteiger partial charge in [-0.2, -0.15) is 13.2 Å². The molecule has 2 aliphatic rings. The van der Waals surface area contributed by atoms with E-state index < -0.39 is 22.4 Å². The normalized spacial score (nSPS) is 21.3. The highest BCUT2D eigenvalue weighted by atomic mass is 19.4. The first-order chi connectivity index (χ1) is 17.2. The summed E-state index contributed by atoms with van der Waals surface area (Å²) in [4.78, 5) is 19.2. The monoisotopic (exact) mass is 507 g/mol. The van der Waals surface area contributed by atoms with E-state index in [2.05, 4.69) is 27.0 Å². The maximum absolute atomic E-state index is 13.3. The van der Waals surface area contributed by atoms with Crippen molar-refractivity contribution in [3.8, 4) is 5.88 Å². The Labute approximate surface area is 208 Å². The first-order valence-electron chi connectivity index (χ1n) is 12.4. The topological polar surface area (TPSA) is 83.8 Å². The number of benzene rings is 1. The average molecular weight is 508 g/mol. The van der Waals surface area contributed by atoms with Crippen LogP contribution in [0.4, 0.5) is 30.2 Å². The van der Waals surface area contributed by atoms with E-state index in [4.69, 9.17) is 4.74 Å². The molecule has 0 radical (unpaired) electrons. The Hall–Kier alpha value is -3.08. The van der Waals surface area contributed by atoms with Crippen molar-refractivity contribution >= 4 is 17.1 Å². The summed E-state index contributed by atoms with van der Waals surface area (Å²) in [5.41, 5.74) is -0.856. The molecule has 1 saturated carbocycles. The number of aromatic nitrogens is 1. The summed E-state index contributed by atoms with van der Waals surface area (Å²) in [5.74, 6) is 0.588. The molecule has 2 aromatic rings. The number of nitrogens with zero attached hydrogens (tertiary/aromatic N) is 4. The molecule has 1 aliphatic carbocycles. The molecular weight excluding hydrogens is 475 g/mol. The molecule has 196 valence electrons. The van der Waals surface area contributed by atoms with E-state index in [0.717, 1.165) is 69.8 Å². The minimum absolute atomic E-state index is 0.0187. The van der Waals surface area contributed by atoms with Gasteiger partial charge in [-0.05, 0) is 56.8 Å². The molecule has 0 atom stereocenters. The Morgan fingerprint density at radius 3 is 2.47 bits per heavy atom. The SMILES string of the molecule is CCCN1CCN(c2ccnc(OC3CCC(Nc4ccc([N+](=O)[O-])c(C(F)(F)F)c4)CC3)c2)CC1. The smallest absolute Gasteiger partial charge is 0.423 e. The number of anilines is 2. The number of nitro groups is 1. The van der Waals surface area contributed by atoms with Crippen LogP contribution in [0.2, 0.25) is 0 Å². The lowest BCUT2D eigenvalue weighted by Crippen LogP contribution is -2.46. The van der Waals surface area contributed by atoms with Crippen molar-refractivity contribution < 1.29 is 22.8 Å². The Morgan fingerprint density at radius 1 is 1.11 bits per heavy atom. The molecule has 0 bridgehead atoms. The number of pyridine rings is 1. The van der Waals surface area contributed by atoms with Crippen molar-refractivity contribution in [3.05, 3.63) is 52.2 Å². The molecule has 36 heavy (non-hydrogen) atoms. The minimum atomic E-state index is -4.80. The first kappa shape index (κ1) is 26.0. The number of rotatable bonds is 8. The highest BCUT2D eigenvalue weighted by molar-refractivity contribution is 5.55.